The molecule has 0 aromatic heterocycles. The summed E-state index contributed by atoms with van der Waals surface area (Å²) in [4.78, 5) is 0. The van der Waals surface area contributed by atoms with Gasteiger partial charge >= 0.3 is 0 Å². The maximum Gasteiger partial charge on any atom is 0.125 e. The third-order valence-electron chi connectivity index (χ3n) is 0.844. The molecule has 0 fully saturated rings. The van der Waals surface area contributed by atoms with E-state index in [-0.39, 0.29) is 8.83 Å². The lowest BCUT2D eigenvalue weighted by Crippen LogP contribution is -2.04. The topological polar surface area (TPSA) is 0 Å². The molecule has 0 nitrogen and oxygen atoms in total. The second kappa shape index (κ2) is 2.73. The molecule has 0 aromatic rings. The second-order valence-corrected chi connectivity index (χ2v) is 5.01. The molecular weight excluding hydrogens is 124 g/mol. The SMILES string of the molecule is CC(C)(C)C[SiH2]Cl. The van der Waals surface area contributed by atoms with Crippen LogP contribution in [0, 0.1) is 5.41 Å². The summed E-state index contributed by atoms with van der Waals surface area (Å²) in [6, 6.07) is 1.24. The van der Waals surface area contributed by atoms with Crippen LogP contribution in [0.5, 0.6) is 0 Å². The minimum atomic E-state index is -0.218. The predicted octanol–water partition coefficient (Wildman–Crippen LogP) is 1.77. The summed E-state index contributed by atoms with van der Waals surface area (Å²) in [7, 11) is -0.218. The molecular formula is C5H13ClSi. The van der Waals surface area contributed by atoms with Crippen LogP contribution in [0.3, 0.4) is 0 Å². The van der Waals surface area contributed by atoms with Crippen LogP contribution in [0.2, 0.25) is 6.04 Å². The van der Waals surface area contributed by atoms with E-state index in [1.165, 1.54) is 6.04 Å². The molecule has 0 saturated carbocycles. The Bertz CT molecular complexity index is 46.5. The van der Waals surface area contributed by atoms with Crippen LogP contribution in [-0.4, -0.2) is 8.83 Å². The molecule has 7 heavy (non-hydrogen) atoms. The Labute approximate surface area is 52.8 Å². The molecule has 0 aliphatic carbocycles. The number of rotatable bonds is 1. The van der Waals surface area contributed by atoms with Crippen LogP contribution in [0.25, 0.3) is 0 Å². The van der Waals surface area contributed by atoms with Crippen LogP contribution >= 0.6 is 11.1 Å². The van der Waals surface area contributed by atoms with Crippen molar-refractivity contribution in [2.45, 2.75) is 26.8 Å². The average Bonchev–Trinajstić information content (AvgIpc) is 1.30. The van der Waals surface area contributed by atoms with E-state index in [2.05, 4.69) is 20.8 Å². The molecule has 0 unspecified atom stereocenters. The zero-order chi connectivity index (χ0) is 5.91. The molecule has 0 N–H and O–H groups in total. The van der Waals surface area contributed by atoms with Crippen molar-refractivity contribution < 1.29 is 0 Å². The van der Waals surface area contributed by atoms with Crippen LogP contribution < -0.4 is 0 Å². The third-order valence-corrected chi connectivity index (χ3v) is 3.10. The largest absolute Gasteiger partial charge is 0.176 e. The lowest BCUT2D eigenvalue weighted by Gasteiger charge is -2.14. The summed E-state index contributed by atoms with van der Waals surface area (Å²) < 4.78 is 0. The summed E-state index contributed by atoms with van der Waals surface area (Å²) in [5.74, 6) is 0. The highest BCUT2D eigenvalue weighted by Crippen LogP contribution is 2.18. The van der Waals surface area contributed by atoms with Gasteiger partial charge in [0.25, 0.3) is 0 Å². The predicted molar refractivity (Wildman–Crippen MR) is 38.7 cm³/mol. The molecule has 0 aromatic carbocycles. The van der Waals surface area contributed by atoms with Gasteiger partial charge in [0.1, 0.15) is 8.83 Å². The van der Waals surface area contributed by atoms with Gasteiger partial charge < -0.3 is 0 Å². The van der Waals surface area contributed by atoms with E-state index in [4.69, 9.17) is 11.1 Å². The average molecular weight is 137 g/mol. The zero-order valence-corrected chi connectivity index (χ0v) is 7.46. The van der Waals surface area contributed by atoms with E-state index in [1.54, 1.807) is 0 Å². The molecule has 0 radical (unpaired) electrons. The van der Waals surface area contributed by atoms with E-state index in [9.17, 15) is 0 Å². The van der Waals surface area contributed by atoms with Crippen molar-refractivity contribution in [1.82, 2.24) is 0 Å². The van der Waals surface area contributed by atoms with E-state index in [0.717, 1.165) is 0 Å². The minimum Gasteiger partial charge on any atom is -0.176 e. The molecule has 0 bridgehead atoms. The molecule has 0 rings (SSSR count). The molecule has 0 saturated heterocycles. The Morgan fingerprint density at radius 1 is 1.43 bits per heavy atom. The van der Waals surface area contributed by atoms with E-state index < -0.39 is 0 Å². The van der Waals surface area contributed by atoms with Crippen molar-refractivity contribution >= 4 is 19.9 Å². The fraction of sp³-hybridized carbons (Fsp3) is 1.00. The molecule has 2 heteroatoms. The Hall–Kier alpha value is 0.507. The van der Waals surface area contributed by atoms with Crippen molar-refractivity contribution in [3.63, 3.8) is 0 Å². The van der Waals surface area contributed by atoms with Gasteiger partial charge in [0.05, 0.1) is 0 Å². The fourth-order valence-electron chi connectivity index (χ4n) is 0.283. The Kier molecular flexibility index (Phi) is 2.92. The van der Waals surface area contributed by atoms with Gasteiger partial charge in [0, 0.05) is 0 Å². The van der Waals surface area contributed by atoms with Crippen LogP contribution in [0.15, 0.2) is 0 Å². The van der Waals surface area contributed by atoms with Crippen molar-refractivity contribution in [3.05, 3.63) is 0 Å². The number of halogens is 1. The van der Waals surface area contributed by atoms with E-state index in [0.29, 0.717) is 5.41 Å². The summed E-state index contributed by atoms with van der Waals surface area (Å²) in [6.07, 6.45) is 0. The Morgan fingerprint density at radius 3 is 1.86 bits per heavy atom. The van der Waals surface area contributed by atoms with E-state index >= 15 is 0 Å². The number of hydrogen-bond acceptors (Lipinski definition) is 0. The molecule has 0 amide bonds. The minimum absolute atomic E-state index is 0.218. The first-order valence-electron chi connectivity index (χ1n) is 2.62. The molecule has 0 spiro atoms. The van der Waals surface area contributed by atoms with Crippen LogP contribution in [0.4, 0.5) is 0 Å². The van der Waals surface area contributed by atoms with Crippen molar-refractivity contribution in [2.75, 3.05) is 0 Å². The lowest BCUT2D eigenvalue weighted by molar-refractivity contribution is 0.468. The molecule has 44 valence electrons. The highest BCUT2D eigenvalue weighted by molar-refractivity contribution is 6.93. The quantitative estimate of drug-likeness (QED) is 0.381. The summed E-state index contributed by atoms with van der Waals surface area (Å²) in [6.45, 7) is 6.67. The summed E-state index contributed by atoms with van der Waals surface area (Å²) in [5, 5.41) is 0. The molecule has 0 atom stereocenters. The first-order valence-corrected chi connectivity index (χ1v) is 5.76. The first-order chi connectivity index (χ1) is 3.06. The molecule has 0 aliphatic heterocycles. The highest BCUT2D eigenvalue weighted by atomic mass is 35.6. The fourth-order valence-corrected chi connectivity index (χ4v) is 2.55. The third kappa shape index (κ3) is 6.51. The van der Waals surface area contributed by atoms with Crippen molar-refractivity contribution in [1.29, 1.82) is 0 Å². The van der Waals surface area contributed by atoms with Gasteiger partial charge in [-0.15, -0.1) is 0 Å². The van der Waals surface area contributed by atoms with Gasteiger partial charge in [0.2, 0.25) is 0 Å². The molecule has 0 aliphatic rings. The standard InChI is InChI=1S/C5H13ClSi/c1-5(2,3)4-7-6/h4,7H2,1-3H3. The Morgan fingerprint density at radius 2 is 1.86 bits per heavy atom. The van der Waals surface area contributed by atoms with Crippen LogP contribution in [-0.2, 0) is 0 Å². The van der Waals surface area contributed by atoms with E-state index in [1.807, 2.05) is 0 Å². The second-order valence-electron chi connectivity index (χ2n) is 3.00. The zero-order valence-electron chi connectivity index (χ0n) is 5.29. The van der Waals surface area contributed by atoms with Gasteiger partial charge in [-0.3, -0.25) is 0 Å². The summed E-state index contributed by atoms with van der Waals surface area (Å²) in [5.41, 5.74) is 0.480. The van der Waals surface area contributed by atoms with Gasteiger partial charge in [-0.1, -0.05) is 20.8 Å². The van der Waals surface area contributed by atoms with Crippen molar-refractivity contribution in [2.24, 2.45) is 5.41 Å². The number of hydrogen-bond donors (Lipinski definition) is 0. The van der Waals surface area contributed by atoms with Crippen molar-refractivity contribution in [3.8, 4) is 0 Å². The normalized spacial score (nSPS) is 13.7. The highest BCUT2D eigenvalue weighted by Gasteiger charge is 2.07. The van der Waals surface area contributed by atoms with Crippen LogP contribution in [0.1, 0.15) is 20.8 Å². The van der Waals surface area contributed by atoms with Gasteiger partial charge in [-0.25, -0.2) is 0 Å². The summed E-state index contributed by atoms with van der Waals surface area (Å²) >= 11 is 5.63. The monoisotopic (exact) mass is 136 g/mol. The van der Waals surface area contributed by atoms with Gasteiger partial charge in [0.15, 0.2) is 0 Å². The van der Waals surface area contributed by atoms with Gasteiger partial charge in [-0.05, 0) is 11.5 Å². The van der Waals surface area contributed by atoms with Gasteiger partial charge in [-0.2, -0.15) is 11.1 Å². The smallest absolute Gasteiger partial charge is 0.125 e. The molecule has 0 heterocycles. The first kappa shape index (κ1) is 7.51. The Balaban J connectivity index is 3.15. The maximum absolute atomic E-state index is 5.63. The lowest BCUT2D eigenvalue weighted by atomic mass is 10.0. The maximum atomic E-state index is 5.63.